The number of nitrogens with one attached hydrogen (secondary N) is 2. The van der Waals surface area contributed by atoms with Gasteiger partial charge in [-0.15, -0.1) is 0 Å². The second-order valence-corrected chi connectivity index (χ2v) is 7.29. The van der Waals surface area contributed by atoms with Crippen LogP contribution in [0.15, 0.2) is 65.1 Å². The molecule has 8 nitrogen and oxygen atoms in total. The normalized spacial score (nSPS) is 10.6. The van der Waals surface area contributed by atoms with Crippen molar-refractivity contribution in [3.8, 4) is 17.2 Å². The molecule has 4 aromatic rings. The summed E-state index contributed by atoms with van der Waals surface area (Å²) in [6.45, 7) is 0.528. The Morgan fingerprint density at radius 1 is 0.939 bits per heavy atom. The third-order valence-corrected chi connectivity index (χ3v) is 5.17. The van der Waals surface area contributed by atoms with Crippen molar-refractivity contribution in [3.63, 3.8) is 0 Å². The van der Waals surface area contributed by atoms with E-state index < -0.39 is 0 Å². The van der Waals surface area contributed by atoms with Crippen LogP contribution in [-0.4, -0.2) is 27.2 Å². The van der Waals surface area contributed by atoms with Gasteiger partial charge in [0, 0.05) is 17.6 Å². The lowest BCUT2D eigenvalue weighted by atomic mass is 10.1. The van der Waals surface area contributed by atoms with Gasteiger partial charge in [0.25, 0.3) is 5.91 Å². The highest BCUT2D eigenvalue weighted by Crippen LogP contribution is 2.38. The summed E-state index contributed by atoms with van der Waals surface area (Å²) in [4.78, 5) is 12.6. The van der Waals surface area contributed by atoms with Crippen molar-refractivity contribution in [2.45, 2.75) is 6.54 Å². The lowest BCUT2D eigenvalue weighted by Gasteiger charge is -2.14. The number of carbonyl (C=O) groups is 1. The van der Waals surface area contributed by atoms with Crippen LogP contribution in [0.1, 0.15) is 16.1 Å². The summed E-state index contributed by atoms with van der Waals surface area (Å²) in [5.74, 6) is 1.57. The average Bonchev–Trinajstić information content (AvgIpc) is 3.27. The highest BCUT2D eigenvalue weighted by molar-refractivity contribution is 6.06. The predicted molar refractivity (Wildman–Crippen MR) is 128 cm³/mol. The summed E-state index contributed by atoms with van der Waals surface area (Å²) in [6, 6.07) is 18.2. The van der Waals surface area contributed by atoms with Crippen LogP contribution in [-0.2, 0) is 6.54 Å². The van der Waals surface area contributed by atoms with Crippen molar-refractivity contribution in [2.75, 3.05) is 37.7 Å². The molecule has 0 bridgehead atoms. The van der Waals surface area contributed by atoms with Crippen molar-refractivity contribution in [2.24, 2.45) is 0 Å². The highest BCUT2D eigenvalue weighted by atomic mass is 16.5. The summed E-state index contributed by atoms with van der Waals surface area (Å²) in [5, 5.41) is 6.94. The van der Waals surface area contributed by atoms with Crippen molar-refractivity contribution < 1.29 is 23.4 Å². The van der Waals surface area contributed by atoms with Crippen LogP contribution in [0.25, 0.3) is 11.0 Å². The van der Waals surface area contributed by atoms with Gasteiger partial charge < -0.3 is 35.0 Å². The monoisotopic (exact) mass is 447 g/mol. The first-order chi connectivity index (χ1) is 16.0. The van der Waals surface area contributed by atoms with E-state index in [1.807, 2.05) is 30.3 Å². The molecule has 4 rings (SSSR count). The van der Waals surface area contributed by atoms with Gasteiger partial charge in [-0.2, -0.15) is 0 Å². The minimum Gasteiger partial charge on any atom is -0.493 e. The molecule has 0 fully saturated rings. The van der Waals surface area contributed by atoms with Gasteiger partial charge >= 0.3 is 0 Å². The minimum absolute atomic E-state index is 0.204. The van der Waals surface area contributed by atoms with Gasteiger partial charge in [0.2, 0.25) is 5.75 Å². The van der Waals surface area contributed by atoms with Crippen LogP contribution in [0.5, 0.6) is 17.2 Å². The first-order valence-corrected chi connectivity index (χ1v) is 10.2. The number of hydrogen-bond donors (Lipinski definition) is 3. The van der Waals surface area contributed by atoms with Crippen LogP contribution in [0, 0.1) is 0 Å². The number of furan rings is 1. The quantitative estimate of drug-likeness (QED) is 0.330. The molecule has 3 aromatic carbocycles. The van der Waals surface area contributed by atoms with E-state index in [1.54, 1.807) is 51.7 Å². The SMILES string of the molecule is COc1cc(CNc2ccc3oc(C(=O)Nc4ccccc4N)cc3c2)cc(OC)c1OC. The minimum atomic E-state index is -0.365. The maximum atomic E-state index is 12.6. The van der Waals surface area contributed by atoms with E-state index in [0.717, 1.165) is 16.6 Å². The Balaban J connectivity index is 1.50. The summed E-state index contributed by atoms with van der Waals surface area (Å²) >= 11 is 0. The maximum absolute atomic E-state index is 12.6. The van der Waals surface area contributed by atoms with E-state index in [1.165, 1.54) is 0 Å². The molecule has 0 saturated heterocycles. The number of nitrogen functional groups attached to an aromatic ring is 1. The maximum Gasteiger partial charge on any atom is 0.291 e. The molecule has 170 valence electrons. The van der Waals surface area contributed by atoms with Gasteiger partial charge in [-0.25, -0.2) is 0 Å². The van der Waals surface area contributed by atoms with Gasteiger partial charge in [0.05, 0.1) is 32.7 Å². The summed E-state index contributed by atoms with van der Waals surface area (Å²) in [5.41, 5.74) is 9.36. The number of anilines is 3. The van der Waals surface area contributed by atoms with Crippen LogP contribution < -0.4 is 30.6 Å². The molecule has 0 aliphatic rings. The Morgan fingerprint density at radius 3 is 2.33 bits per heavy atom. The van der Waals surface area contributed by atoms with Gasteiger partial charge in [-0.3, -0.25) is 4.79 Å². The van der Waals surface area contributed by atoms with Crippen molar-refractivity contribution in [1.29, 1.82) is 0 Å². The highest BCUT2D eigenvalue weighted by Gasteiger charge is 2.15. The fourth-order valence-corrected chi connectivity index (χ4v) is 3.50. The predicted octanol–water partition coefficient (Wildman–Crippen LogP) is 4.91. The van der Waals surface area contributed by atoms with Crippen LogP contribution >= 0.6 is 0 Å². The molecule has 0 aliphatic carbocycles. The van der Waals surface area contributed by atoms with E-state index in [4.69, 9.17) is 24.4 Å². The topological polar surface area (TPSA) is 108 Å². The van der Waals surface area contributed by atoms with Crippen molar-refractivity contribution in [1.82, 2.24) is 0 Å². The molecule has 1 heterocycles. The number of carbonyl (C=O) groups excluding carboxylic acids is 1. The molecular weight excluding hydrogens is 422 g/mol. The Bertz CT molecular complexity index is 1270. The van der Waals surface area contributed by atoms with Crippen molar-refractivity contribution >= 4 is 33.9 Å². The van der Waals surface area contributed by atoms with Gasteiger partial charge in [0.1, 0.15) is 5.58 Å². The van der Waals surface area contributed by atoms with E-state index in [0.29, 0.717) is 40.8 Å². The standard InChI is InChI=1S/C25H25N3O5/c1-30-21-10-15(11-22(31-2)24(21)32-3)14-27-17-8-9-20-16(12-17)13-23(33-20)25(29)28-19-7-5-4-6-18(19)26/h4-13,27H,14,26H2,1-3H3,(H,28,29). The fraction of sp³-hybridized carbons (Fsp3) is 0.160. The smallest absolute Gasteiger partial charge is 0.291 e. The van der Waals surface area contributed by atoms with Crippen LogP contribution in [0.3, 0.4) is 0 Å². The van der Waals surface area contributed by atoms with E-state index >= 15 is 0 Å². The Labute approximate surface area is 191 Å². The zero-order valence-electron chi connectivity index (χ0n) is 18.6. The number of rotatable bonds is 8. The molecule has 4 N–H and O–H groups in total. The third-order valence-electron chi connectivity index (χ3n) is 5.17. The lowest BCUT2D eigenvalue weighted by molar-refractivity contribution is 0.0998. The Hall–Kier alpha value is -4.33. The number of methoxy groups -OCH3 is 3. The number of benzene rings is 3. The number of hydrogen-bond acceptors (Lipinski definition) is 7. The number of amides is 1. The fourth-order valence-electron chi connectivity index (χ4n) is 3.50. The van der Waals surface area contributed by atoms with E-state index in [2.05, 4.69) is 10.6 Å². The van der Waals surface area contributed by atoms with E-state index in [-0.39, 0.29) is 11.7 Å². The lowest BCUT2D eigenvalue weighted by Crippen LogP contribution is -2.12. The number of nitrogens with two attached hydrogens (primary N) is 1. The molecule has 8 heteroatoms. The molecule has 0 unspecified atom stereocenters. The largest absolute Gasteiger partial charge is 0.493 e. The molecule has 1 amide bonds. The zero-order valence-corrected chi connectivity index (χ0v) is 18.6. The molecule has 33 heavy (non-hydrogen) atoms. The van der Waals surface area contributed by atoms with Crippen molar-refractivity contribution in [3.05, 3.63) is 72.0 Å². The summed E-state index contributed by atoms with van der Waals surface area (Å²) in [7, 11) is 4.74. The zero-order chi connectivity index (χ0) is 23.4. The summed E-state index contributed by atoms with van der Waals surface area (Å²) in [6.07, 6.45) is 0. The molecule has 0 aliphatic heterocycles. The van der Waals surface area contributed by atoms with Crippen LogP contribution in [0.2, 0.25) is 0 Å². The second kappa shape index (κ2) is 9.44. The molecule has 0 saturated carbocycles. The van der Waals surface area contributed by atoms with Gasteiger partial charge in [-0.05, 0) is 54.1 Å². The molecule has 0 spiro atoms. The van der Waals surface area contributed by atoms with E-state index in [9.17, 15) is 4.79 Å². The molecule has 0 atom stereocenters. The second-order valence-electron chi connectivity index (χ2n) is 7.29. The first kappa shape index (κ1) is 21.9. The molecular formula is C25H25N3O5. The van der Waals surface area contributed by atoms with Gasteiger partial charge in [0.15, 0.2) is 17.3 Å². The number of ether oxygens (including phenoxy) is 3. The first-order valence-electron chi connectivity index (χ1n) is 10.2. The Morgan fingerprint density at radius 2 is 1.67 bits per heavy atom. The third kappa shape index (κ3) is 4.64. The summed E-state index contributed by atoms with van der Waals surface area (Å²) < 4.78 is 21.9. The van der Waals surface area contributed by atoms with Crippen LogP contribution in [0.4, 0.5) is 17.1 Å². The number of fused-ring (bicyclic) bond motifs is 1. The average molecular weight is 447 g/mol. The molecule has 0 radical (unpaired) electrons. The Kier molecular flexibility index (Phi) is 6.26. The number of para-hydroxylation sites is 2. The molecule has 1 aromatic heterocycles. The van der Waals surface area contributed by atoms with Gasteiger partial charge in [-0.1, -0.05) is 12.1 Å².